The number of aliphatic hydroxyl groups is 1. The van der Waals surface area contributed by atoms with Crippen molar-refractivity contribution in [3.63, 3.8) is 0 Å². The minimum atomic E-state index is -0.0620. The van der Waals surface area contributed by atoms with Crippen LogP contribution in [0.4, 0.5) is 0 Å². The Bertz CT molecular complexity index is 339. The molecular formula is C14H22O2. The van der Waals surface area contributed by atoms with Crippen molar-refractivity contribution in [3.8, 4) is 0 Å². The van der Waals surface area contributed by atoms with Crippen LogP contribution in [0.15, 0.2) is 11.1 Å². The highest BCUT2D eigenvalue weighted by atomic mass is 16.3. The van der Waals surface area contributed by atoms with E-state index in [9.17, 15) is 9.90 Å². The first-order chi connectivity index (χ1) is 7.44. The Morgan fingerprint density at radius 2 is 2.12 bits per heavy atom. The Morgan fingerprint density at radius 3 is 2.75 bits per heavy atom. The van der Waals surface area contributed by atoms with Crippen molar-refractivity contribution in [2.24, 2.45) is 17.3 Å². The van der Waals surface area contributed by atoms with Crippen LogP contribution in [0.2, 0.25) is 0 Å². The van der Waals surface area contributed by atoms with Crippen LogP contribution in [0, 0.1) is 17.3 Å². The van der Waals surface area contributed by atoms with Crippen molar-refractivity contribution in [2.75, 3.05) is 6.61 Å². The zero-order valence-corrected chi connectivity index (χ0v) is 10.5. The lowest BCUT2D eigenvalue weighted by Gasteiger charge is -2.20. The van der Waals surface area contributed by atoms with E-state index < -0.39 is 0 Å². The highest BCUT2D eigenvalue weighted by molar-refractivity contribution is 5.96. The van der Waals surface area contributed by atoms with Gasteiger partial charge in [0.05, 0.1) is 6.61 Å². The number of Topliss-reactive ketones (excluding diaryl/α,β-unsaturated/α-hetero) is 1. The zero-order chi connectivity index (χ0) is 11.9. The maximum absolute atomic E-state index is 11.9. The molecule has 1 fully saturated rings. The van der Waals surface area contributed by atoms with E-state index in [1.165, 1.54) is 12.0 Å². The molecule has 0 aromatic heterocycles. The molecule has 0 radical (unpaired) electrons. The van der Waals surface area contributed by atoms with Gasteiger partial charge in [-0.3, -0.25) is 4.79 Å². The number of aliphatic hydroxyl groups excluding tert-OH is 1. The number of fused-ring (bicyclic) bond motifs is 1. The van der Waals surface area contributed by atoms with E-state index >= 15 is 0 Å². The van der Waals surface area contributed by atoms with Gasteiger partial charge in [-0.1, -0.05) is 26.3 Å². The predicted molar refractivity (Wildman–Crippen MR) is 64.0 cm³/mol. The van der Waals surface area contributed by atoms with Crippen molar-refractivity contribution < 1.29 is 9.90 Å². The highest BCUT2D eigenvalue weighted by Gasteiger charge is 2.41. The fourth-order valence-electron chi connectivity index (χ4n) is 3.39. The summed E-state index contributed by atoms with van der Waals surface area (Å²) in [4.78, 5) is 11.9. The van der Waals surface area contributed by atoms with E-state index in [0.717, 1.165) is 18.4 Å². The summed E-state index contributed by atoms with van der Waals surface area (Å²) < 4.78 is 0. The fraction of sp³-hybridized carbons (Fsp3) is 0.786. The Labute approximate surface area is 97.7 Å². The molecule has 2 aliphatic carbocycles. The molecule has 2 rings (SSSR count). The SMILES string of the molecule is C[C@H]1CCC(=O)C(CO)=C2CC(C)(C)C[C@H]21. The maximum Gasteiger partial charge on any atom is 0.161 e. The van der Waals surface area contributed by atoms with Gasteiger partial charge in [-0.05, 0) is 36.5 Å². The third kappa shape index (κ3) is 1.95. The van der Waals surface area contributed by atoms with Crippen LogP contribution >= 0.6 is 0 Å². The molecule has 16 heavy (non-hydrogen) atoms. The van der Waals surface area contributed by atoms with Crippen molar-refractivity contribution in [1.82, 2.24) is 0 Å². The summed E-state index contributed by atoms with van der Waals surface area (Å²) in [5.41, 5.74) is 2.30. The quantitative estimate of drug-likeness (QED) is 0.740. The first-order valence-corrected chi connectivity index (χ1v) is 6.30. The van der Waals surface area contributed by atoms with Crippen LogP contribution in [0.1, 0.15) is 46.5 Å². The van der Waals surface area contributed by atoms with Gasteiger partial charge in [-0.25, -0.2) is 0 Å². The van der Waals surface area contributed by atoms with Crippen molar-refractivity contribution >= 4 is 5.78 Å². The lowest BCUT2D eigenvalue weighted by molar-refractivity contribution is -0.116. The topological polar surface area (TPSA) is 37.3 Å². The summed E-state index contributed by atoms with van der Waals surface area (Å²) in [6.07, 6.45) is 3.76. The van der Waals surface area contributed by atoms with E-state index in [0.29, 0.717) is 23.7 Å². The molecule has 1 N–H and O–H groups in total. The second kappa shape index (κ2) is 3.99. The maximum atomic E-state index is 11.9. The summed E-state index contributed by atoms with van der Waals surface area (Å²) in [5, 5.41) is 9.41. The van der Waals surface area contributed by atoms with Gasteiger partial charge in [-0.2, -0.15) is 0 Å². The Morgan fingerprint density at radius 1 is 1.44 bits per heavy atom. The van der Waals surface area contributed by atoms with Crippen LogP contribution in [0.5, 0.6) is 0 Å². The molecule has 2 nitrogen and oxygen atoms in total. The van der Waals surface area contributed by atoms with Crippen molar-refractivity contribution in [2.45, 2.75) is 46.5 Å². The van der Waals surface area contributed by atoms with Gasteiger partial charge < -0.3 is 5.11 Å². The van der Waals surface area contributed by atoms with Crippen molar-refractivity contribution in [1.29, 1.82) is 0 Å². The van der Waals surface area contributed by atoms with Gasteiger partial charge >= 0.3 is 0 Å². The first-order valence-electron chi connectivity index (χ1n) is 6.30. The van der Waals surface area contributed by atoms with Crippen molar-refractivity contribution in [3.05, 3.63) is 11.1 Å². The highest BCUT2D eigenvalue weighted by Crippen LogP contribution is 2.51. The average Bonchev–Trinajstić information content (AvgIpc) is 2.47. The summed E-state index contributed by atoms with van der Waals surface area (Å²) in [6.45, 7) is 6.72. The molecule has 0 spiro atoms. The number of carbonyl (C=O) groups excluding carboxylic acids is 1. The van der Waals surface area contributed by atoms with Gasteiger partial charge in [0.25, 0.3) is 0 Å². The number of allylic oxidation sites excluding steroid dienone is 1. The van der Waals surface area contributed by atoms with Gasteiger partial charge in [0.1, 0.15) is 0 Å². The molecule has 2 aliphatic rings. The number of carbonyl (C=O) groups is 1. The first kappa shape index (κ1) is 11.8. The van der Waals surface area contributed by atoms with Crippen LogP contribution in [0.3, 0.4) is 0 Å². The van der Waals surface area contributed by atoms with E-state index in [-0.39, 0.29) is 12.4 Å². The lowest BCUT2D eigenvalue weighted by Crippen LogP contribution is -2.11. The molecule has 0 saturated heterocycles. The smallest absolute Gasteiger partial charge is 0.161 e. The minimum absolute atomic E-state index is 0.0620. The average molecular weight is 222 g/mol. The third-order valence-electron chi connectivity index (χ3n) is 4.29. The lowest BCUT2D eigenvalue weighted by atomic mass is 9.84. The van der Waals surface area contributed by atoms with E-state index in [4.69, 9.17) is 0 Å². The van der Waals surface area contributed by atoms with Crippen LogP contribution in [-0.4, -0.2) is 17.5 Å². The Kier molecular flexibility index (Phi) is 2.95. The molecule has 0 aliphatic heterocycles. The molecule has 2 heteroatoms. The van der Waals surface area contributed by atoms with Crippen LogP contribution in [0.25, 0.3) is 0 Å². The monoisotopic (exact) mass is 222 g/mol. The Hall–Kier alpha value is -0.630. The summed E-state index contributed by atoms with van der Waals surface area (Å²) >= 11 is 0. The van der Waals surface area contributed by atoms with E-state index in [1.54, 1.807) is 0 Å². The second-order valence-electron chi connectivity index (χ2n) is 6.25. The normalized spacial score (nSPS) is 33.9. The number of hydrogen-bond acceptors (Lipinski definition) is 2. The number of ketones is 1. The molecule has 0 unspecified atom stereocenters. The third-order valence-corrected chi connectivity index (χ3v) is 4.29. The fourth-order valence-corrected chi connectivity index (χ4v) is 3.39. The standard InChI is InChI=1S/C14H22O2/c1-9-4-5-13(16)12(8-15)11-7-14(2,3)6-10(9)11/h9-10,15H,4-8H2,1-3H3/t9-,10-/m0/s1. The van der Waals surface area contributed by atoms with Crippen LogP contribution < -0.4 is 0 Å². The summed E-state index contributed by atoms with van der Waals surface area (Å²) in [7, 11) is 0. The molecule has 0 bridgehead atoms. The summed E-state index contributed by atoms with van der Waals surface area (Å²) in [6, 6.07) is 0. The Balaban J connectivity index is 2.43. The number of hydrogen-bond donors (Lipinski definition) is 1. The molecule has 2 atom stereocenters. The number of rotatable bonds is 1. The van der Waals surface area contributed by atoms with E-state index in [2.05, 4.69) is 20.8 Å². The molecule has 0 heterocycles. The van der Waals surface area contributed by atoms with E-state index in [1.807, 2.05) is 0 Å². The van der Waals surface area contributed by atoms with Gasteiger partial charge in [0.15, 0.2) is 5.78 Å². The molecule has 0 amide bonds. The minimum Gasteiger partial charge on any atom is -0.392 e. The van der Waals surface area contributed by atoms with Gasteiger partial charge in [-0.15, -0.1) is 0 Å². The van der Waals surface area contributed by atoms with Crippen LogP contribution in [-0.2, 0) is 4.79 Å². The second-order valence-corrected chi connectivity index (χ2v) is 6.25. The molecule has 1 saturated carbocycles. The predicted octanol–water partition coefficient (Wildman–Crippen LogP) is 2.71. The molecule has 0 aromatic carbocycles. The largest absolute Gasteiger partial charge is 0.392 e. The molecule has 90 valence electrons. The van der Waals surface area contributed by atoms with Gasteiger partial charge in [0.2, 0.25) is 0 Å². The zero-order valence-electron chi connectivity index (χ0n) is 10.5. The van der Waals surface area contributed by atoms with Gasteiger partial charge in [0, 0.05) is 12.0 Å². The molecular weight excluding hydrogens is 200 g/mol. The summed E-state index contributed by atoms with van der Waals surface area (Å²) in [5.74, 6) is 1.30. The molecule has 0 aromatic rings.